The lowest BCUT2D eigenvalue weighted by Gasteiger charge is -2.12. The van der Waals surface area contributed by atoms with E-state index >= 15 is 0 Å². The summed E-state index contributed by atoms with van der Waals surface area (Å²) in [6.07, 6.45) is 0. The molecule has 0 fully saturated rings. The van der Waals surface area contributed by atoms with Gasteiger partial charge < -0.3 is 10.1 Å². The first kappa shape index (κ1) is 16.5. The number of esters is 1. The van der Waals surface area contributed by atoms with Gasteiger partial charge in [0.1, 0.15) is 5.82 Å². The van der Waals surface area contributed by atoms with Gasteiger partial charge in [-0.25, -0.2) is 4.39 Å². The molecule has 110 valence electrons. The second-order valence-electron chi connectivity index (χ2n) is 4.21. The van der Waals surface area contributed by atoms with Gasteiger partial charge in [0, 0.05) is 5.69 Å². The Balaban J connectivity index is 2.48. The summed E-state index contributed by atoms with van der Waals surface area (Å²) in [5, 5.41) is 2.19. The van der Waals surface area contributed by atoms with Crippen LogP contribution in [-0.2, 0) is 14.3 Å². The molecule has 0 aliphatic rings. The number of carbonyl (C=O) groups is 2. The molecular formula is C14H18FNO3S. The first-order valence-electron chi connectivity index (χ1n) is 6.28. The molecule has 1 rings (SSSR count). The van der Waals surface area contributed by atoms with Gasteiger partial charge in [0.05, 0.1) is 17.6 Å². The van der Waals surface area contributed by atoms with Crippen molar-refractivity contribution in [3.8, 4) is 0 Å². The van der Waals surface area contributed by atoms with E-state index in [2.05, 4.69) is 5.32 Å². The van der Waals surface area contributed by atoms with Crippen molar-refractivity contribution >= 4 is 29.3 Å². The van der Waals surface area contributed by atoms with Gasteiger partial charge in [0.2, 0.25) is 5.91 Å². The molecule has 4 nitrogen and oxygen atoms in total. The van der Waals surface area contributed by atoms with E-state index in [9.17, 15) is 14.0 Å². The lowest BCUT2D eigenvalue weighted by atomic mass is 10.2. The van der Waals surface area contributed by atoms with Crippen molar-refractivity contribution in [3.63, 3.8) is 0 Å². The summed E-state index contributed by atoms with van der Waals surface area (Å²) in [6, 6.07) is 4.51. The van der Waals surface area contributed by atoms with Gasteiger partial charge >= 0.3 is 5.97 Å². The van der Waals surface area contributed by atoms with Crippen LogP contribution in [0.25, 0.3) is 0 Å². The van der Waals surface area contributed by atoms with Crippen LogP contribution in [0, 0.1) is 12.7 Å². The molecule has 0 bridgehead atoms. The van der Waals surface area contributed by atoms with Gasteiger partial charge in [-0.1, -0.05) is 6.07 Å². The van der Waals surface area contributed by atoms with Crippen LogP contribution in [-0.4, -0.2) is 29.5 Å². The Morgan fingerprint density at radius 3 is 2.75 bits per heavy atom. The van der Waals surface area contributed by atoms with E-state index < -0.39 is 5.25 Å². The molecule has 0 radical (unpaired) electrons. The molecule has 0 saturated carbocycles. The van der Waals surface area contributed by atoms with Gasteiger partial charge in [-0.05, 0) is 38.5 Å². The predicted octanol–water partition coefficient (Wildman–Crippen LogP) is 2.76. The maximum Gasteiger partial charge on any atom is 0.315 e. The summed E-state index contributed by atoms with van der Waals surface area (Å²) in [6.45, 7) is 5.38. The summed E-state index contributed by atoms with van der Waals surface area (Å²) < 4.78 is 18.1. The number of amides is 1. The number of nitrogens with one attached hydrogen (secondary N) is 1. The first-order chi connectivity index (χ1) is 9.43. The second kappa shape index (κ2) is 7.89. The Labute approximate surface area is 122 Å². The van der Waals surface area contributed by atoms with Crippen LogP contribution in [0.4, 0.5) is 10.1 Å². The van der Waals surface area contributed by atoms with Crippen LogP contribution in [0.1, 0.15) is 19.4 Å². The van der Waals surface area contributed by atoms with Crippen molar-refractivity contribution in [1.29, 1.82) is 0 Å². The van der Waals surface area contributed by atoms with Crippen LogP contribution in [0.3, 0.4) is 0 Å². The molecule has 1 atom stereocenters. The molecule has 1 aromatic rings. The van der Waals surface area contributed by atoms with E-state index in [0.29, 0.717) is 17.9 Å². The van der Waals surface area contributed by atoms with Crippen molar-refractivity contribution in [2.24, 2.45) is 0 Å². The molecule has 0 heterocycles. The highest BCUT2D eigenvalue weighted by Gasteiger charge is 2.16. The number of aryl methyl sites for hydroxylation is 1. The predicted molar refractivity (Wildman–Crippen MR) is 78.3 cm³/mol. The zero-order chi connectivity index (χ0) is 15.1. The molecule has 0 saturated heterocycles. The van der Waals surface area contributed by atoms with E-state index in [0.717, 1.165) is 0 Å². The summed E-state index contributed by atoms with van der Waals surface area (Å²) in [5.41, 5.74) is 0.925. The summed E-state index contributed by atoms with van der Waals surface area (Å²) >= 11 is 1.18. The molecule has 1 unspecified atom stereocenters. The van der Waals surface area contributed by atoms with Crippen LogP contribution < -0.4 is 5.32 Å². The van der Waals surface area contributed by atoms with Crippen molar-refractivity contribution in [3.05, 3.63) is 29.6 Å². The Morgan fingerprint density at radius 1 is 1.45 bits per heavy atom. The van der Waals surface area contributed by atoms with Crippen molar-refractivity contribution in [1.82, 2.24) is 0 Å². The Morgan fingerprint density at radius 2 is 2.15 bits per heavy atom. The molecule has 6 heteroatoms. The van der Waals surface area contributed by atoms with E-state index in [1.165, 1.54) is 17.8 Å². The lowest BCUT2D eigenvalue weighted by Crippen LogP contribution is -2.24. The number of thioether (sulfide) groups is 1. The third kappa shape index (κ3) is 5.21. The van der Waals surface area contributed by atoms with Crippen LogP contribution in [0.5, 0.6) is 0 Å². The molecule has 0 spiro atoms. The normalized spacial score (nSPS) is 11.8. The fourth-order valence-corrected chi connectivity index (χ4v) is 2.07. The average Bonchev–Trinajstić information content (AvgIpc) is 2.40. The third-order valence-corrected chi connectivity index (χ3v) is 3.68. The van der Waals surface area contributed by atoms with Gasteiger partial charge in [0.25, 0.3) is 0 Å². The molecular weight excluding hydrogens is 281 g/mol. The van der Waals surface area contributed by atoms with E-state index in [4.69, 9.17) is 4.74 Å². The van der Waals surface area contributed by atoms with Crippen molar-refractivity contribution < 1.29 is 18.7 Å². The Hall–Kier alpha value is -1.56. The maximum absolute atomic E-state index is 13.4. The molecule has 1 aromatic carbocycles. The zero-order valence-electron chi connectivity index (χ0n) is 11.7. The summed E-state index contributed by atoms with van der Waals surface area (Å²) in [5.74, 6) is -0.874. The number of hydrogen-bond acceptors (Lipinski definition) is 4. The van der Waals surface area contributed by atoms with E-state index in [-0.39, 0.29) is 23.4 Å². The average molecular weight is 299 g/mol. The number of carbonyl (C=O) groups excluding carboxylic acids is 2. The minimum atomic E-state index is -0.427. The Kier molecular flexibility index (Phi) is 6.51. The number of ether oxygens (including phenoxy) is 1. The van der Waals surface area contributed by atoms with E-state index in [1.807, 2.05) is 0 Å². The third-order valence-electron chi connectivity index (χ3n) is 2.57. The number of anilines is 1. The zero-order valence-corrected chi connectivity index (χ0v) is 12.6. The number of halogens is 1. The smallest absolute Gasteiger partial charge is 0.315 e. The van der Waals surface area contributed by atoms with Crippen molar-refractivity contribution in [2.45, 2.75) is 26.0 Å². The number of rotatable bonds is 6. The highest BCUT2D eigenvalue weighted by Crippen LogP contribution is 2.17. The van der Waals surface area contributed by atoms with Gasteiger partial charge in [-0.3, -0.25) is 9.59 Å². The standard InChI is InChI=1S/C14H18FNO3S/c1-4-19-13(17)8-20-10(3)14(18)16-11-6-5-9(2)12(15)7-11/h5-7,10H,4,8H2,1-3H3,(H,16,18). The minimum Gasteiger partial charge on any atom is -0.465 e. The van der Waals surface area contributed by atoms with E-state index in [1.54, 1.807) is 32.9 Å². The number of hydrogen-bond donors (Lipinski definition) is 1. The molecule has 1 N–H and O–H groups in total. The minimum absolute atomic E-state index is 0.116. The number of benzene rings is 1. The fraction of sp³-hybridized carbons (Fsp3) is 0.429. The lowest BCUT2D eigenvalue weighted by molar-refractivity contribution is -0.139. The fourth-order valence-electron chi connectivity index (χ4n) is 1.39. The van der Waals surface area contributed by atoms with Crippen LogP contribution >= 0.6 is 11.8 Å². The quantitative estimate of drug-likeness (QED) is 0.821. The first-order valence-corrected chi connectivity index (χ1v) is 7.33. The van der Waals surface area contributed by atoms with Crippen LogP contribution in [0.2, 0.25) is 0 Å². The largest absolute Gasteiger partial charge is 0.465 e. The SMILES string of the molecule is CCOC(=O)CSC(C)C(=O)Nc1ccc(C)c(F)c1. The Bertz CT molecular complexity index is 493. The maximum atomic E-state index is 13.4. The van der Waals surface area contributed by atoms with Crippen molar-refractivity contribution in [2.75, 3.05) is 17.7 Å². The van der Waals surface area contributed by atoms with Crippen LogP contribution in [0.15, 0.2) is 18.2 Å². The summed E-state index contributed by atoms with van der Waals surface area (Å²) in [4.78, 5) is 23.1. The van der Waals surface area contributed by atoms with Gasteiger partial charge in [0.15, 0.2) is 0 Å². The molecule has 0 aromatic heterocycles. The molecule has 0 aliphatic heterocycles. The van der Waals surface area contributed by atoms with Gasteiger partial charge in [-0.2, -0.15) is 0 Å². The van der Waals surface area contributed by atoms with Gasteiger partial charge in [-0.15, -0.1) is 11.8 Å². The topological polar surface area (TPSA) is 55.4 Å². The monoisotopic (exact) mass is 299 g/mol. The highest BCUT2D eigenvalue weighted by atomic mass is 32.2. The second-order valence-corrected chi connectivity index (χ2v) is 5.54. The summed E-state index contributed by atoms with van der Waals surface area (Å²) in [7, 11) is 0. The molecule has 20 heavy (non-hydrogen) atoms. The molecule has 1 amide bonds. The molecule has 0 aliphatic carbocycles. The highest BCUT2D eigenvalue weighted by molar-refractivity contribution is 8.01.